The maximum Gasteiger partial charge on any atom is 0.416 e. The summed E-state index contributed by atoms with van der Waals surface area (Å²) >= 11 is 0. The van der Waals surface area contributed by atoms with Crippen LogP contribution in [0, 0.1) is 0 Å². The van der Waals surface area contributed by atoms with Gasteiger partial charge in [-0.25, -0.2) is 0 Å². The SMILES string of the molecule is COc1cccc2c1cc(C(=O)Nc1ccc3c(ccn3C)c1)n2Cc1cccc(C(F)(F)F)c1. The molecule has 2 heterocycles. The predicted molar refractivity (Wildman–Crippen MR) is 130 cm³/mol. The van der Waals surface area contributed by atoms with Crippen molar-refractivity contribution >= 4 is 33.4 Å². The first-order valence-electron chi connectivity index (χ1n) is 10.9. The second-order valence-corrected chi connectivity index (χ2v) is 8.36. The highest BCUT2D eigenvalue weighted by Crippen LogP contribution is 2.32. The topological polar surface area (TPSA) is 48.2 Å². The van der Waals surface area contributed by atoms with Gasteiger partial charge in [0.2, 0.25) is 0 Å². The largest absolute Gasteiger partial charge is 0.496 e. The number of nitrogens with one attached hydrogen (secondary N) is 1. The number of aromatic nitrogens is 2. The zero-order valence-corrected chi connectivity index (χ0v) is 19.1. The number of ether oxygens (including phenoxy) is 1. The number of nitrogens with zero attached hydrogens (tertiary/aromatic N) is 2. The number of carbonyl (C=O) groups is 1. The van der Waals surface area contributed by atoms with Gasteiger partial charge in [0.15, 0.2) is 0 Å². The van der Waals surface area contributed by atoms with Crippen molar-refractivity contribution in [2.24, 2.45) is 7.05 Å². The van der Waals surface area contributed by atoms with Crippen LogP contribution in [0.3, 0.4) is 0 Å². The molecule has 1 amide bonds. The molecule has 8 heteroatoms. The van der Waals surface area contributed by atoms with E-state index in [1.165, 1.54) is 13.2 Å². The lowest BCUT2D eigenvalue weighted by molar-refractivity contribution is -0.137. The highest BCUT2D eigenvalue weighted by molar-refractivity contribution is 6.08. The Morgan fingerprint density at radius 2 is 1.77 bits per heavy atom. The number of halogens is 3. The molecule has 0 saturated heterocycles. The average Bonchev–Trinajstić information content (AvgIpc) is 3.39. The fraction of sp³-hybridized carbons (Fsp3) is 0.148. The van der Waals surface area contributed by atoms with E-state index in [9.17, 15) is 18.0 Å². The molecule has 0 aliphatic heterocycles. The number of hydrogen-bond acceptors (Lipinski definition) is 2. The van der Waals surface area contributed by atoms with Gasteiger partial charge in [-0.05, 0) is 60.2 Å². The number of aryl methyl sites for hydroxylation is 1. The third kappa shape index (κ3) is 4.23. The smallest absolute Gasteiger partial charge is 0.416 e. The van der Waals surface area contributed by atoms with Crippen LogP contribution in [-0.4, -0.2) is 22.2 Å². The van der Waals surface area contributed by atoms with Crippen molar-refractivity contribution < 1.29 is 22.7 Å². The van der Waals surface area contributed by atoms with Crippen molar-refractivity contribution in [3.8, 4) is 5.75 Å². The minimum Gasteiger partial charge on any atom is -0.496 e. The summed E-state index contributed by atoms with van der Waals surface area (Å²) in [5.41, 5.74) is 2.36. The number of hydrogen-bond donors (Lipinski definition) is 1. The highest BCUT2D eigenvalue weighted by Gasteiger charge is 2.30. The van der Waals surface area contributed by atoms with Gasteiger partial charge in [-0.3, -0.25) is 4.79 Å². The van der Waals surface area contributed by atoms with Crippen molar-refractivity contribution in [3.63, 3.8) is 0 Å². The van der Waals surface area contributed by atoms with E-state index >= 15 is 0 Å². The minimum atomic E-state index is -4.45. The molecule has 178 valence electrons. The zero-order chi connectivity index (χ0) is 24.7. The van der Waals surface area contributed by atoms with E-state index < -0.39 is 11.7 Å². The maximum atomic E-state index is 13.4. The first kappa shape index (κ1) is 22.6. The molecule has 0 aliphatic rings. The zero-order valence-electron chi connectivity index (χ0n) is 19.1. The summed E-state index contributed by atoms with van der Waals surface area (Å²) in [5, 5.41) is 4.61. The summed E-state index contributed by atoms with van der Waals surface area (Å²) in [5.74, 6) is 0.204. The fourth-order valence-corrected chi connectivity index (χ4v) is 4.38. The molecule has 0 spiro atoms. The van der Waals surface area contributed by atoms with Crippen LogP contribution in [0.5, 0.6) is 5.75 Å². The molecule has 0 radical (unpaired) electrons. The molecule has 5 rings (SSSR count). The number of fused-ring (bicyclic) bond motifs is 2. The van der Waals surface area contributed by atoms with E-state index in [2.05, 4.69) is 5.32 Å². The van der Waals surface area contributed by atoms with Crippen LogP contribution in [0.2, 0.25) is 0 Å². The summed E-state index contributed by atoms with van der Waals surface area (Å²) in [4.78, 5) is 13.4. The summed E-state index contributed by atoms with van der Waals surface area (Å²) in [6, 6.07) is 19.8. The second kappa shape index (κ2) is 8.54. The summed E-state index contributed by atoms with van der Waals surface area (Å²) in [6.45, 7) is 0.0844. The van der Waals surface area contributed by atoms with Crippen LogP contribution in [0.4, 0.5) is 18.9 Å². The van der Waals surface area contributed by atoms with Gasteiger partial charge in [-0.2, -0.15) is 13.2 Å². The van der Waals surface area contributed by atoms with Crippen LogP contribution >= 0.6 is 0 Å². The number of methoxy groups -OCH3 is 1. The van der Waals surface area contributed by atoms with E-state index in [1.54, 1.807) is 28.8 Å². The van der Waals surface area contributed by atoms with E-state index in [0.717, 1.165) is 23.0 Å². The molecule has 0 saturated carbocycles. The van der Waals surface area contributed by atoms with Crippen LogP contribution < -0.4 is 10.1 Å². The maximum absolute atomic E-state index is 13.4. The Morgan fingerprint density at radius 1 is 0.971 bits per heavy atom. The normalized spacial score (nSPS) is 11.8. The number of benzene rings is 3. The van der Waals surface area contributed by atoms with Crippen LogP contribution in [0.25, 0.3) is 21.8 Å². The molecule has 1 N–H and O–H groups in total. The standard InChI is InChI=1S/C27H22F3N3O2/c1-32-12-11-18-14-20(9-10-22(18)32)31-26(34)24-15-21-23(7-4-8-25(21)35-2)33(24)16-17-5-3-6-19(13-17)27(28,29)30/h3-15H,16H2,1-2H3,(H,31,34). The minimum absolute atomic E-state index is 0.0844. The molecule has 5 nitrogen and oxygen atoms in total. The van der Waals surface area contributed by atoms with Crippen LogP contribution in [-0.2, 0) is 19.8 Å². The molecular formula is C27H22F3N3O2. The lowest BCUT2D eigenvalue weighted by Crippen LogP contribution is -2.17. The lowest BCUT2D eigenvalue weighted by atomic mass is 10.1. The second-order valence-electron chi connectivity index (χ2n) is 8.36. The molecule has 5 aromatic rings. The predicted octanol–water partition coefficient (Wildman–Crippen LogP) is 6.46. The van der Waals surface area contributed by atoms with Crippen molar-refractivity contribution in [3.05, 3.63) is 95.8 Å². The Balaban J connectivity index is 1.56. The number of rotatable bonds is 5. The van der Waals surface area contributed by atoms with Crippen molar-refractivity contribution in [2.75, 3.05) is 12.4 Å². The summed E-state index contributed by atoms with van der Waals surface area (Å²) < 4.78 is 49.0. The number of amides is 1. The molecule has 2 aromatic heterocycles. The average molecular weight is 477 g/mol. The molecular weight excluding hydrogens is 455 g/mol. The van der Waals surface area contributed by atoms with Gasteiger partial charge in [0.05, 0.1) is 18.2 Å². The van der Waals surface area contributed by atoms with Gasteiger partial charge >= 0.3 is 6.18 Å². The van der Waals surface area contributed by atoms with E-state index in [1.807, 2.05) is 48.1 Å². The van der Waals surface area contributed by atoms with Crippen LogP contribution in [0.15, 0.2) is 79.0 Å². The molecule has 3 aromatic carbocycles. The monoisotopic (exact) mass is 477 g/mol. The van der Waals surface area contributed by atoms with Gasteiger partial charge in [0.25, 0.3) is 5.91 Å². The Morgan fingerprint density at radius 3 is 2.54 bits per heavy atom. The van der Waals surface area contributed by atoms with E-state index in [0.29, 0.717) is 33.6 Å². The summed E-state index contributed by atoms with van der Waals surface area (Å²) in [6.07, 6.45) is -2.51. The van der Waals surface area contributed by atoms with Gasteiger partial charge in [-0.1, -0.05) is 18.2 Å². The Bertz CT molecular complexity index is 1560. The van der Waals surface area contributed by atoms with Gasteiger partial charge in [-0.15, -0.1) is 0 Å². The molecule has 35 heavy (non-hydrogen) atoms. The number of anilines is 1. The molecule has 0 atom stereocenters. The Labute approximate surface area is 199 Å². The number of alkyl halides is 3. The van der Waals surface area contributed by atoms with Crippen molar-refractivity contribution in [1.82, 2.24) is 9.13 Å². The first-order valence-corrected chi connectivity index (χ1v) is 10.9. The molecule has 0 unspecified atom stereocenters. The first-order chi connectivity index (χ1) is 16.7. The van der Waals surface area contributed by atoms with Crippen LogP contribution in [0.1, 0.15) is 21.6 Å². The number of carbonyl (C=O) groups excluding carboxylic acids is 1. The van der Waals surface area contributed by atoms with E-state index in [-0.39, 0.29) is 12.5 Å². The molecule has 0 bridgehead atoms. The molecule has 0 aliphatic carbocycles. The Kier molecular flexibility index (Phi) is 5.51. The third-order valence-corrected chi connectivity index (χ3v) is 6.10. The van der Waals surface area contributed by atoms with E-state index in [4.69, 9.17) is 4.74 Å². The quantitative estimate of drug-likeness (QED) is 0.316. The highest BCUT2D eigenvalue weighted by atomic mass is 19.4. The third-order valence-electron chi connectivity index (χ3n) is 6.10. The Hall–Kier alpha value is -4.20. The van der Waals surface area contributed by atoms with Crippen molar-refractivity contribution in [1.29, 1.82) is 0 Å². The van der Waals surface area contributed by atoms with Gasteiger partial charge < -0.3 is 19.2 Å². The van der Waals surface area contributed by atoms with Gasteiger partial charge in [0.1, 0.15) is 11.4 Å². The van der Waals surface area contributed by atoms with Crippen molar-refractivity contribution in [2.45, 2.75) is 12.7 Å². The van der Waals surface area contributed by atoms with Gasteiger partial charge in [0, 0.05) is 41.8 Å². The summed E-state index contributed by atoms with van der Waals surface area (Å²) in [7, 11) is 3.48. The molecule has 0 fully saturated rings. The fourth-order valence-electron chi connectivity index (χ4n) is 4.38. The lowest BCUT2D eigenvalue weighted by Gasteiger charge is -2.13.